The number of para-hydroxylation sites is 1. The molecule has 0 radical (unpaired) electrons. The zero-order valence-corrected chi connectivity index (χ0v) is 15.3. The Balaban J connectivity index is 1.73. The summed E-state index contributed by atoms with van der Waals surface area (Å²) < 4.78 is 0. The number of pyridine rings is 1. The molecule has 132 valence electrons. The summed E-state index contributed by atoms with van der Waals surface area (Å²) in [5, 5.41) is 6.80. The van der Waals surface area contributed by atoms with Crippen molar-refractivity contribution in [2.24, 2.45) is 0 Å². The predicted octanol–water partition coefficient (Wildman–Crippen LogP) is 4.71. The number of nitrogens with zero attached hydrogens (tertiary/aromatic N) is 1. The summed E-state index contributed by atoms with van der Waals surface area (Å²) in [6.45, 7) is 0.0810. The first-order chi connectivity index (χ1) is 12.6. The maximum absolute atomic E-state index is 12.4. The topological polar surface area (TPSA) is 54.0 Å². The Morgan fingerprint density at radius 1 is 0.923 bits per heavy atom. The summed E-state index contributed by atoms with van der Waals surface area (Å²) >= 11 is 12.2. The fourth-order valence-electron chi connectivity index (χ4n) is 2.58. The van der Waals surface area contributed by atoms with Crippen LogP contribution in [0.25, 0.3) is 0 Å². The second kappa shape index (κ2) is 8.81. The van der Waals surface area contributed by atoms with Gasteiger partial charge in [-0.15, -0.1) is 0 Å². The second-order valence-corrected chi connectivity index (χ2v) is 6.44. The maximum atomic E-state index is 12.4. The van der Waals surface area contributed by atoms with Crippen molar-refractivity contribution in [1.29, 1.82) is 0 Å². The Hall–Kier alpha value is -2.40. The van der Waals surface area contributed by atoms with E-state index in [1.54, 1.807) is 24.4 Å². The molecule has 3 aromatic rings. The number of amides is 1. The van der Waals surface area contributed by atoms with Gasteiger partial charge in [-0.25, -0.2) is 0 Å². The van der Waals surface area contributed by atoms with E-state index in [4.69, 9.17) is 23.2 Å². The van der Waals surface area contributed by atoms with Crippen molar-refractivity contribution in [3.8, 4) is 0 Å². The van der Waals surface area contributed by atoms with Gasteiger partial charge in [0, 0.05) is 6.20 Å². The van der Waals surface area contributed by atoms with Crippen LogP contribution in [0.15, 0.2) is 72.9 Å². The number of aromatic nitrogens is 1. The molecule has 4 nitrogen and oxygen atoms in total. The van der Waals surface area contributed by atoms with Crippen LogP contribution in [-0.4, -0.2) is 17.4 Å². The number of hydrogen-bond acceptors (Lipinski definition) is 3. The lowest BCUT2D eigenvalue weighted by Gasteiger charge is -2.19. The molecule has 0 fully saturated rings. The van der Waals surface area contributed by atoms with Crippen molar-refractivity contribution >= 4 is 34.8 Å². The minimum Gasteiger partial charge on any atom is -0.322 e. The van der Waals surface area contributed by atoms with Crippen LogP contribution in [0.1, 0.15) is 17.3 Å². The Bertz CT molecular complexity index is 813. The largest absolute Gasteiger partial charge is 0.322 e. The molecule has 2 aromatic carbocycles. The van der Waals surface area contributed by atoms with Crippen LogP contribution < -0.4 is 10.6 Å². The van der Waals surface area contributed by atoms with Crippen molar-refractivity contribution in [1.82, 2.24) is 10.3 Å². The van der Waals surface area contributed by atoms with E-state index in [-0.39, 0.29) is 18.5 Å². The fraction of sp³-hybridized carbons (Fsp3) is 0.100. The maximum Gasteiger partial charge on any atom is 0.238 e. The highest BCUT2D eigenvalue weighted by Gasteiger charge is 2.17. The van der Waals surface area contributed by atoms with Crippen molar-refractivity contribution in [3.63, 3.8) is 0 Å². The van der Waals surface area contributed by atoms with Crippen LogP contribution in [0.5, 0.6) is 0 Å². The van der Waals surface area contributed by atoms with Gasteiger partial charge in [-0.2, -0.15) is 0 Å². The van der Waals surface area contributed by atoms with E-state index in [0.717, 1.165) is 11.3 Å². The lowest BCUT2D eigenvalue weighted by Crippen LogP contribution is -2.32. The summed E-state index contributed by atoms with van der Waals surface area (Å²) in [7, 11) is 0. The third-order valence-electron chi connectivity index (χ3n) is 3.81. The standard InChI is InChI=1S/C20H17Cl2N3O/c21-15-9-6-10-16(22)20(15)25-18(26)13-24-19(14-7-2-1-3-8-14)17-11-4-5-12-23-17/h1-12,19,24H,13H2,(H,25,26). The molecule has 0 saturated heterocycles. The highest BCUT2D eigenvalue weighted by molar-refractivity contribution is 6.39. The monoisotopic (exact) mass is 385 g/mol. The highest BCUT2D eigenvalue weighted by Crippen LogP contribution is 2.29. The van der Waals surface area contributed by atoms with Crippen molar-refractivity contribution in [2.45, 2.75) is 6.04 Å². The smallest absolute Gasteiger partial charge is 0.238 e. The molecule has 0 saturated carbocycles. The Labute approximate surface area is 162 Å². The number of anilines is 1. The van der Waals surface area contributed by atoms with Crippen LogP contribution in [0.4, 0.5) is 5.69 Å². The van der Waals surface area contributed by atoms with Crippen LogP contribution in [0, 0.1) is 0 Å². The molecule has 1 aromatic heterocycles. The lowest BCUT2D eigenvalue weighted by molar-refractivity contribution is -0.115. The normalized spacial score (nSPS) is 11.8. The number of nitrogens with one attached hydrogen (secondary N) is 2. The number of carbonyl (C=O) groups is 1. The van der Waals surface area contributed by atoms with Crippen molar-refractivity contribution in [2.75, 3.05) is 11.9 Å². The van der Waals surface area contributed by atoms with Gasteiger partial charge in [0.05, 0.1) is 34.0 Å². The quantitative estimate of drug-likeness (QED) is 0.645. The van der Waals surface area contributed by atoms with E-state index in [1.807, 2.05) is 48.5 Å². The number of halogens is 2. The van der Waals surface area contributed by atoms with Gasteiger partial charge in [0.2, 0.25) is 5.91 Å². The fourth-order valence-corrected chi connectivity index (χ4v) is 3.07. The molecular weight excluding hydrogens is 369 g/mol. The van der Waals surface area contributed by atoms with Gasteiger partial charge in [-0.1, -0.05) is 65.7 Å². The van der Waals surface area contributed by atoms with E-state index in [0.29, 0.717) is 15.7 Å². The van der Waals surface area contributed by atoms with Gasteiger partial charge >= 0.3 is 0 Å². The molecule has 26 heavy (non-hydrogen) atoms. The van der Waals surface area contributed by atoms with Gasteiger partial charge in [-0.05, 0) is 29.8 Å². The molecule has 3 rings (SSSR count). The van der Waals surface area contributed by atoms with E-state index < -0.39 is 0 Å². The second-order valence-electron chi connectivity index (χ2n) is 5.62. The zero-order chi connectivity index (χ0) is 18.4. The Kier molecular flexibility index (Phi) is 6.23. The van der Waals surface area contributed by atoms with E-state index in [9.17, 15) is 4.79 Å². The van der Waals surface area contributed by atoms with Gasteiger partial charge in [0.25, 0.3) is 0 Å². The molecule has 0 bridgehead atoms. The Morgan fingerprint density at radius 3 is 2.27 bits per heavy atom. The molecule has 6 heteroatoms. The SMILES string of the molecule is O=C(CNC(c1ccccc1)c1ccccn1)Nc1c(Cl)cccc1Cl. The van der Waals surface area contributed by atoms with Crippen molar-refractivity contribution in [3.05, 3.63) is 94.2 Å². The minimum absolute atomic E-state index is 0.0810. The van der Waals surface area contributed by atoms with Crippen LogP contribution in [0.2, 0.25) is 10.0 Å². The van der Waals surface area contributed by atoms with E-state index in [2.05, 4.69) is 15.6 Å². The molecule has 2 N–H and O–H groups in total. The summed E-state index contributed by atoms with van der Waals surface area (Å²) in [6.07, 6.45) is 1.73. The number of carbonyl (C=O) groups excluding carboxylic acids is 1. The first kappa shape index (κ1) is 18.4. The van der Waals surface area contributed by atoms with Crippen LogP contribution in [-0.2, 0) is 4.79 Å². The number of hydrogen-bond donors (Lipinski definition) is 2. The molecule has 1 heterocycles. The van der Waals surface area contributed by atoms with E-state index in [1.165, 1.54) is 0 Å². The summed E-state index contributed by atoms with van der Waals surface area (Å²) in [5.74, 6) is -0.239. The van der Waals surface area contributed by atoms with Crippen molar-refractivity contribution < 1.29 is 4.79 Å². The van der Waals surface area contributed by atoms with Crippen LogP contribution in [0.3, 0.4) is 0 Å². The first-order valence-corrected chi connectivity index (χ1v) is 8.84. The molecule has 0 aliphatic heterocycles. The first-order valence-electron chi connectivity index (χ1n) is 8.08. The molecule has 1 unspecified atom stereocenters. The number of benzene rings is 2. The van der Waals surface area contributed by atoms with Gasteiger partial charge in [0.15, 0.2) is 0 Å². The molecule has 0 spiro atoms. The van der Waals surface area contributed by atoms with Crippen LogP contribution >= 0.6 is 23.2 Å². The Morgan fingerprint density at radius 2 is 1.62 bits per heavy atom. The van der Waals surface area contributed by atoms with Gasteiger partial charge < -0.3 is 5.32 Å². The third kappa shape index (κ3) is 4.61. The average molecular weight is 386 g/mol. The molecule has 0 aliphatic carbocycles. The molecule has 1 amide bonds. The van der Waals surface area contributed by atoms with Gasteiger partial charge in [0.1, 0.15) is 0 Å². The lowest BCUT2D eigenvalue weighted by atomic mass is 10.0. The summed E-state index contributed by atoms with van der Waals surface area (Å²) in [4.78, 5) is 16.8. The minimum atomic E-state index is -0.239. The molecule has 1 atom stereocenters. The predicted molar refractivity (Wildman–Crippen MR) is 106 cm³/mol. The zero-order valence-electron chi connectivity index (χ0n) is 13.8. The van der Waals surface area contributed by atoms with Gasteiger partial charge in [-0.3, -0.25) is 15.1 Å². The number of rotatable bonds is 6. The molecule has 0 aliphatic rings. The third-order valence-corrected chi connectivity index (χ3v) is 4.44. The summed E-state index contributed by atoms with van der Waals surface area (Å²) in [5.41, 5.74) is 2.27. The molecular formula is C20H17Cl2N3O. The summed E-state index contributed by atoms with van der Waals surface area (Å²) in [6, 6.07) is 20.4. The highest BCUT2D eigenvalue weighted by atomic mass is 35.5. The van der Waals surface area contributed by atoms with E-state index >= 15 is 0 Å². The average Bonchev–Trinajstić information content (AvgIpc) is 2.67.